The maximum absolute atomic E-state index is 12.0. The average molecular weight is 267 g/mol. The fourth-order valence-electron chi connectivity index (χ4n) is 1.47. The van der Waals surface area contributed by atoms with Crippen LogP contribution in [0, 0.1) is 13.8 Å². The molecular weight excluding hydrogens is 254 g/mol. The molecule has 3 nitrogen and oxygen atoms in total. The lowest BCUT2D eigenvalue weighted by Gasteiger charge is -2.10. The van der Waals surface area contributed by atoms with E-state index in [1.807, 2.05) is 26.0 Å². The summed E-state index contributed by atoms with van der Waals surface area (Å²) in [5, 5.41) is 1.75. The van der Waals surface area contributed by atoms with Crippen LogP contribution in [-0.2, 0) is 10.0 Å². The van der Waals surface area contributed by atoms with E-state index < -0.39 is 10.0 Å². The van der Waals surface area contributed by atoms with Gasteiger partial charge in [0.25, 0.3) is 10.0 Å². The first-order valence-electron chi connectivity index (χ1n) is 5.13. The van der Waals surface area contributed by atoms with Gasteiger partial charge in [-0.3, -0.25) is 4.72 Å². The van der Waals surface area contributed by atoms with Crippen LogP contribution in [0.1, 0.15) is 11.1 Å². The molecule has 0 saturated carbocycles. The molecule has 0 atom stereocenters. The topological polar surface area (TPSA) is 46.2 Å². The van der Waals surface area contributed by atoms with Gasteiger partial charge in [0.2, 0.25) is 0 Å². The summed E-state index contributed by atoms with van der Waals surface area (Å²) in [4.78, 5) is 0. The number of thiophene rings is 1. The van der Waals surface area contributed by atoms with Gasteiger partial charge in [0.15, 0.2) is 0 Å². The highest BCUT2D eigenvalue weighted by Crippen LogP contribution is 2.23. The van der Waals surface area contributed by atoms with Crippen molar-refractivity contribution in [3.05, 3.63) is 46.8 Å². The molecule has 0 radical (unpaired) electrons. The minimum atomic E-state index is -3.44. The summed E-state index contributed by atoms with van der Waals surface area (Å²) in [6, 6.07) is 8.89. The highest BCUT2D eigenvalue weighted by atomic mass is 32.2. The van der Waals surface area contributed by atoms with E-state index in [-0.39, 0.29) is 0 Å². The Morgan fingerprint density at radius 2 is 1.88 bits per heavy atom. The van der Waals surface area contributed by atoms with Gasteiger partial charge in [0, 0.05) is 0 Å². The Hall–Kier alpha value is -1.33. The summed E-state index contributed by atoms with van der Waals surface area (Å²) in [6.45, 7) is 3.86. The molecule has 0 unspecified atom stereocenters. The Balaban J connectivity index is 2.37. The number of anilines is 1. The lowest BCUT2D eigenvalue weighted by Crippen LogP contribution is -2.12. The third kappa shape index (κ3) is 2.50. The van der Waals surface area contributed by atoms with Gasteiger partial charge in [-0.05, 0) is 42.5 Å². The van der Waals surface area contributed by atoms with Gasteiger partial charge in [0.05, 0.1) is 5.69 Å². The number of aryl methyl sites for hydroxylation is 1. The monoisotopic (exact) mass is 267 g/mol. The number of sulfonamides is 1. The van der Waals surface area contributed by atoms with Crippen molar-refractivity contribution in [1.29, 1.82) is 0 Å². The van der Waals surface area contributed by atoms with E-state index in [0.717, 1.165) is 11.1 Å². The van der Waals surface area contributed by atoms with E-state index in [9.17, 15) is 8.42 Å². The van der Waals surface area contributed by atoms with Crippen molar-refractivity contribution in [1.82, 2.24) is 0 Å². The molecule has 2 rings (SSSR count). The van der Waals surface area contributed by atoms with Crippen LogP contribution in [0.3, 0.4) is 0 Å². The Morgan fingerprint density at radius 1 is 1.12 bits per heavy atom. The second kappa shape index (κ2) is 4.50. The molecule has 1 aromatic heterocycles. The average Bonchev–Trinajstić information content (AvgIpc) is 2.78. The minimum Gasteiger partial charge on any atom is -0.279 e. The fraction of sp³-hybridized carbons (Fsp3) is 0.167. The molecule has 5 heteroatoms. The first-order valence-corrected chi connectivity index (χ1v) is 7.49. The van der Waals surface area contributed by atoms with E-state index in [0.29, 0.717) is 9.90 Å². The van der Waals surface area contributed by atoms with E-state index >= 15 is 0 Å². The highest BCUT2D eigenvalue weighted by Gasteiger charge is 2.16. The molecule has 0 fully saturated rings. The molecule has 0 aliphatic carbocycles. The summed E-state index contributed by atoms with van der Waals surface area (Å²) >= 11 is 1.21. The van der Waals surface area contributed by atoms with E-state index in [1.54, 1.807) is 23.6 Å². The van der Waals surface area contributed by atoms with Crippen molar-refractivity contribution < 1.29 is 8.42 Å². The number of rotatable bonds is 3. The molecular formula is C12H13NO2S2. The van der Waals surface area contributed by atoms with E-state index in [1.165, 1.54) is 11.3 Å². The predicted octanol–water partition coefficient (Wildman–Crippen LogP) is 3.17. The molecule has 0 amide bonds. The summed E-state index contributed by atoms with van der Waals surface area (Å²) in [6.07, 6.45) is 0. The smallest absolute Gasteiger partial charge is 0.271 e. The molecule has 1 N–H and O–H groups in total. The lowest BCUT2D eigenvalue weighted by molar-refractivity contribution is 0.603. The Labute approximate surface area is 105 Å². The van der Waals surface area contributed by atoms with Gasteiger partial charge >= 0.3 is 0 Å². The van der Waals surface area contributed by atoms with Crippen LogP contribution in [0.25, 0.3) is 0 Å². The fourth-order valence-corrected chi connectivity index (χ4v) is 3.59. The summed E-state index contributed by atoms with van der Waals surface area (Å²) < 4.78 is 27.0. The van der Waals surface area contributed by atoms with Gasteiger partial charge < -0.3 is 0 Å². The molecule has 0 bridgehead atoms. The summed E-state index contributed by atoms with van der Waals surface area (Å²) in [5.41, 5.74) is 2.66. The van der Waals surface area contributed by atoms with Crippen molar-refractivity contribution in [3.63, 3.8) is 0 Å². The maximum Gasteiger partial charge on any atom is 0.271 e. The molecule has 0 spiro atoms. The molecule has 1 heterocycles. The zero-order valence-corrected chi connectivity index (χ0v) is 11.2. The normalized spacial score (nSPS) is 11.4. The largest absolute Gasteiger partial charge is 0.279 e. The first-order chi connectivity index (χ1) is 8.00. The molecule has 0 aliphatic heterocycles. The van der Waals surface area contributed by atoms with Crippen LogP contribution >= 0.6 is 11.3 Å². The van der Waals surface area contributed by atoms with Crippen molar-refractivity contribution in [2.75, 3.05) is 4.72 Å². The predicted molar refractivity (Wildman–Crippen MR) is 71.0 cm³/mol. The molecule has 0 saturated heterocycles. The van der Waals surface area contributed by atoms with Crippen LogP contribution in [0.4, 0.5) is 5.69 Å². The molecule has 17 heavy (non-hydrogen) atoms. The number of hydrogen-bond donors (Lipinski definition) is 1. The van der Waals surface area contributed by atoms with Gasteiger partial charge in [-0.25, -0.2) is 8.42 Å². The van der Waals surface area contributed by atoms with Gasteiger partial charge in [-0.2, -0.15) is 0 Å². The van der Waals surface area contributed by atoms with Crippen LogP contribution in [0.5, 0.6) is 0 Å². The Kier molecular flexibility index (Phi) is 3.22. The molecule has 0 aliphatic rings. The van der Waals surface area contributed by atoms with Crippen molar-refractivity contribution in [2.24, 2.45) is 0 Å². The van der Waals surface area contributed by atoms with E-state index in [4.69, 9.17) is 0 Å². The zero-order chi connectivity index (χ0) is 12.5. The minimum absolute atomic E-state index is 0.332. The lowest BCUT2D eigenvalue weighted by atomic mass is 10.1. The van der Waals surface area contributed by atoms with Crippen molar-refractivity contribution >= 4 is 27.0 Å². The molecule has 2 aromatic rings. The number of hydrogen-bond acceptors (Lipinski definition) is 3. The second-order valence-electron chi connectivity index (χ2n) is 3.79. The van der Waals surface area contributed by atoms with Crippen molar-refractivity contribution in [3.8, 4) is 0 Å². The van der Waals surface area contributed by atoms with Crippen LogP contribution in [0.2, 0.25) is 0 Å². The van der Waals surface area contributed by atoms with E-state index in [2.05, 4.69) is 4.72 Å². The highest BCUT2D eigenvalue weighted by molar-refractivity contribution is 7.94. The summed E-state index contributed by atoms with van der Waals surface area (Å²) in [5.74, 6) is 0. The third-order valence-electron chi connectivity index (χ3n) is 2.61. The number of nitrogens with one attached hydrogen (secondary N) is 1. The first kappa shape index (κ1) is 12.1. The third-order valence-corrected chi connectivity index (χ3v) is 5.37. The molecule has 90 valence electrons. The zero-order valence-electron chi connectivity index (χ0n) is 9.60. The SMILES string of the molecule is Cc1cccc(NS(=O)(=O)c2cccs2)c1C. The quantitative estimate of drug-likeness (QED) is 0.928. The Morgan fingerprint density at radius 3 is 2.53 bits per heavy atom. The van der Waals surface area contributed by atoms with Gasteiger partial charge in [-0.15, -0.1) is 11.3 Å². The summed E-state index contributed by atoms with van der Waals surface area (Å²) in [7, 11) is -3.44. The van der Waals surface area contributed by atoms with Gasteiger partial charge in [-0.1, -0.05) is 18.2 Å². The molecule has 1 aromatic carbocycles. The standard InChI is InChI=1S/C12H13NO2S2/c1-9-5-3-6-11(10(9)2)13-17(14,15)12-7-4-8-16-12/h3-8,13H,1-2H3. The van der Waals surface area contributed by atoms with Gasteiger partial charge in [0.1, 0.15) is 4.21 Å². The number of benzene rings is 1. The van der Waals surface area contributed by atoms with Crippen LogP contribution in [0.15, 0.2) is 39.9 Å². The van der Waals surface area contributed by atoms with Crippen molar-refractivity contribution in [2.45, 2.75) is 18.1 Å². The van der Waals surface area contributed by atoms with Crippen LogP contribution in [-0.4, -0.2) is 8.42 Å². The van der Waals surface area contributed by atoms with Crippen LogP contribution < -0.4 is 4.72 Å². The second-order valence-corrected chi connectivity index (χ2v) is 6.64. The maximum atomic E-state index is 12.0. The Bertz CT molecular complexity index is 616.